The SMILES string of the molecule is Cc1nc(C(F)F)c(I)cc1C(=O)O. The molecule has 1 heterocycles. The summed E-state index contributed by atoms with van der Waals surface area (Å²) in [7, 11) is 0. The molecule has 76 valence electrons. The van der Waals surface area contributed by atoms with Crippen molar-refractivity contribution in [1.82, 2.24) is 4.98 Å². The van der Waals surface area contributed by atoms with E-state index in [2.05, 4.69) is 4.98 Å². The molecule has 0 fully saturated rings. The smallest absolute Gasteiger partial charge is 0.337 e. The highest BCUT2D eigenvalue weighted by Gasteiger charge is 2.18. The lowest BCUT2D eigenvalue weighted by Gasteiger charge is -2.06. The van der Waals surface area contributed by atoms with Crippen molar-refractivity contribution < 1.29 is 18.7 Å². The van der Waals surface area contributed by atoms with Crippen molar-refractivity contribution in [2.75, 3.05) is 0 Å². The van der Waals surface area contributed by atoms with Gasteiger partial charge in [0.05, 0.1) is 11.3 Å². The first kappa shape index (κ1) is 11.3. The Morgan fingerprint density at radius 2 is 2.21 bits per heavy atom. The zero-order valence-corrected chi connectivity index (χ0v) is 9.25. The molecule has 1 N–H and O–H groups in total. The van der Waals surface area contributed by atoms with Gasteiger partial charge in [0.25, 0.3) is 6.43 Å². The van der Waals surface area contributed by atoms with E-state index < -0.39 is 12.4 Å². The third-order valence-corrected chi connectivity index (χ3v) is 2.49. The molecule has 0 aliphatic rings. The number of halogens is 3. The molecule has 0 unspecified atom stereocenters. The number of carboxylic acid groups (broad SMARTS) is 1. The molecule has 14 heavy (non-hydrogen) atoms. The second-order valence-corrected chi connectivity index (χ2v) is 3.76. The summed E-state index contributed by atoms with van der Waals surface area (Å²) in [5.74, 6) is -1.16. The Labute approximate surface area is 92.3 Å². The van der Waals surface area contributed by atoms with E-state index in [-0.39, 0.29) is 20.5 Å². The van der Waals surface area contributed by atoms with Gasteiger partial charge in [0.2, 0.25) is 0 Å². The summed E-state index contributed by atoms with van der Waals surface area (Å²) in [5, 5.41) is 8.69. The number of hydrogen-bond donors (Lipinski definition) is 1. The van der Waals surface area contributed by atoms with Crippen molar-refractivity contribution in [3.05, 3.63) is 26.6 Å². The van der Waals surface area contributed by atoms with Crippen molar-refractivity contribution in [2.24, 2.45) is 0 Å². The Morgan fingerprint density at radius 3 is 2.64 bits per heavy atom. The van der Waals surface area contributed by atoms with Crippen LogP contribution in [0.15, 0.2) is 6.07 Å². The highest BCUT2D eigenvalue weighted by Crippen LogP contribution is 2.24. The Balaban J connectivity index is 3.31. The Hall–Kier alpha value is -0.790. The van der Waals surface area contributed by atoms with Crippen molar-refractivity contribution in [3.8, 4) is 0 Å². The van der Waals surface area contributed by atoms with Gasteiger partial charge in [-0.15, -0.1) is 0 Å². The molecule has 0 amide bonds. The molecule has 0 bridgehead atoms. The van der Waals surface area contributed by atoms with Crippen molar-refractivity contribution in [3.63, 3.8) is 0 Å². The topological polar surface area (TPSA) is 50.2 Å². The predicted molar refractivity (Wildman–Crippen MR) is 53.6 cm³/mol. The summed E-state index contributed by atoms with van der Waals surface area (Å²) >= 11 is 1.65. The average molecular weight is 313 g/mol. The van der Waals surface area contributed by atoms with Crippen LogP contribution in [-0.4, -0.2) is 16.1 Å². The number of alkyl halides is 2. The largest absolute Gasteiger partial charge is 0.478 e. The van der Waals surface area contributed by atoms with E-state index in [1.165, 1.54) is 13.0 Å². The van der Waals surface area contributed by atoms with E-state index >= 15 is 0 Å². The highest BCUT2D eigenvalue weighted by molar-refractivity contribution is 14.1. The molecule has 1 rings (SSSR count). The first-order valence-electron chi connectivity index (χ1n) is 3.62. The van der Waals surface area contributed by atoms with E-state index in [4.69, 9.17) is 5.11 Å². The first-order valence-corrected chi connectivity index (χ1v) is 4.70. The second kappa shape index (κ2) is 4.16. The van der Waals surface area contributed by atoms with Gasteiger partial charge in [-0.3, -0.25) is 4.98 Å². The molecule has 1 aromatic rings. The van der Waals surface area contributed by atoms with Crippen LogP contribution >= 0.6 is 22.6 Å². The molecule has 0 aliphatic heterocycles. The molecule has 0 aromatic carbocycles. The summed E-state index contributed by atoms with van der Waals surface area (Å²) < 4.78 is 24.8. The van der Waals surface area contributed by atoms with Gasteiger partial charge in [-0.25, -0.2) is 13.6 Å². The van der Waals surface area contributed by atoms with E-state index in [1.54, 1.807) is 22.6 Å². The van der Waals surface area contributed by atoms with Crippen LogP contribution < -0.4 is 0 Å². The van der Waals surface area contributed by atoms with Gasteiger partial charge in [-0.2, -0.15) is 0 Å². The highest BCUT2D eigenvalue weighted by atomic mass is 127. The molecule has 0 aliphatic carbocycles. The number of aromatic carboxylic acids is 1. The average Bonchev–Trinajstić information content (AvgIpc) is 2.07. The number of carboxylic acids is 1. The summed E-state index contributed by atoms with van der Waals surface area (Å²) in [6.07, 6.45) is -2.68. The lowest BCUT2D eigenvalue weighted by atomic mass is 10.2. The molecular weight excluding hydrogens is 307 g/mol. The van der Waals surface area contributed by atoms with Crippen LogP contribution in [0.3, 0.4) is 0 Å². The lowest BCUT2D eigenvalue weighted by molar-refractivity contribution is 0.0694. The monoisotopic (exact) mass is 313 g/mol. The maximum atomic E-state index is 12.3. The number of carbonyl (C=O) groups is 1. The molecule has 0 saturated carbocycles. The van der Waals surface area contributed by atoms with E-state index in [9.17, 15) is 13.6 Å². The third kappa shape index (κ3) is 2.17. The minimum Gasteiger partial charge on any atom is -0.478 e. The van der Waals surface area contributed by atoms with Gasteiger partial charge in [0.15, 0.2) is 0 Å². The van der Waals surface area contributed by atoms with Gasteiger partial charge in [0.1, 0.15) is 5.69 Å². The molecule has 0 atom stereocenters. The van der Waals surface area contributed by atoms with Gasteiger partial charge in [-0.1, -0.05) is 0 Å². The fourth-order valence-corrected chi connectivity index (χ4v) is 1.64. The van der Waals surface area contributed by atoms with Crippen LogP contribution in [0.1, 0.15) is 28.2 Å². The normalized spacial score (nSPS) is 10.6. The van der Waals surface area contributed by atoms with E-state index in [0.717, 1.165) is 0 Å². The summed E-state index contributed by atoms with van der Waals surface area (Å²) in [6.45, 7) is 1.39. The molecule has 3 nitrogen and oxygen atoms in total. The standard InChI is InChI=1S/C8H6F2INO2/c1-3-4(8(13)14)2-5(11)6(12-3)7(9)10/h2,7H,1H3,(H,13,14). The molecule has 0 radical (unpaired) electrons. The number of hydrogen-bond acceptors (Lipinski definition) is 2. The van der Waals surface area contributed by atoms with Gasteiger partial charge >= 0.3 is 5.97 Å². The van der Waals surface area contributed by atoms with Gasteiger partial charge in [0, 0.05) is 3.57 Å². The fraction of sp³-hybridized carbons (Fsp3) is 0.250. The Kier molecular flexibility index (Phi) is 3.35. The Bertz CT molecular complexity index is 382. The first-order chi connectivity index (χ1) is 6.43. The molecule has 0 saturated heterocycles. The van der Waals surface area contributed by atoms with Crippen molar-refractivity contribution in [1.29, 1.82) is 0 Å². The summed E-state index contributed by atoms with van der Waals surface area (Å²) in [5.41, 5.74) is -0.305. The zero-order chi connectivity index (χ0) is 10.9. The molecular formula is C8H6F2INO2. The summed E-state index contributed by atoms with van der Waals surface area (Å²) in [4.78, 5) is 14.2. The van der Waals surface area contributed by atoms with Crippen LogP contribution in [-0.2, 0) is 0 Å². The predicted octanol–water partition coefficient (Wildman–Crippen LogP) is 2.63. The number of aryl methyl sites for hydroxylation is 1. The van der Waals surface area contributed by atoms with Crippen LogP contribution in [0.5, 0.6) is 0 Å². The van der Waals surface area contributed by atoms with Crippen LogP contribution in [0, 0.1) is 10.5 Å². The molecule has 0 spiro atoms. The van der Waals surface area contributed by atoms with Gasteiger partial charge in [-0.05, 0) is 35.6 Å². The van der Waals surface area contributed by atoms with E-state index in [1.807, 2.05) is 0 Å². The quantitative estimate of drug-likeness (QED) is 0.854. The number of nitrogens with zero attached hydrogens (tertiary/aromatic N) is 1. The minimum atomic E-state index is -2.68. The molecule has 6 heteroatoms. The summed E-state index contributed by atoms with van der Waals surface area (Å²) in [6, 6.07) is 1.20. The number of rotatable bonds is 2. The van der Waals surface area contributed by atoms with Crippen molar-refractivity contribution >= 4 is 28.6 Å². The molecule has 1 aromatic heterocycles. The maximum Gasteiger partial charge on any atom is 0.337 e. The van der Waals surface area contributed by atoms with Crippen LogP contribution in [0.25, 0.3) is 0 Å². The zero-order valence-electron chi connectivity index (χ0n) is 7.09. The van der Waals surface area contributed by atoms with Crippen molar-refractivity contribution in [2.45, 2.75) is 13.3 Å². The third-order valence-electron chi connectivity index (χ3n) is 1.63. The second-order valence-electron chi connectivity index (χ2n) is 2.59. The van der Waals surface area contributed by atoms with Crippen LogP contribution in [0.4, 0.5) is 8.78 Å². The minimum absolute atomic E-state index is 0.0428. The fourth-order valence-electron chi connectivity index (χ4n) is 0.969. The maximum absolute atomic E-state index is 12.3. The van der Waals surface area contributed by atoms with E-state index in [0.29, 0.717) is 0 Å². The van der Waals surface area contributed by atoms with Crippen LogP contribution in [0.2, 0.25) is 0 Å². The van der Waals surface area contributed by atoms with Gasteiger partial charge < -0.3 is 5.11 Å². The lowest BCUT2D eigenvalue weighted by Crippen LogP contribution is -2.06. The number of pyridine rings is 1. The number of aromatic nitrogens is 1. The Morgan fingerprint density at radius 1 is 1.64 bits per heavy atom.